The third kappa shape index (κ3) is 3.32. The number of benzene rings is 1. The van der Waals surface area contributed by atoms with Gasteiger partial charge in [-0.25, -0.2) is 8.78 Å². The Labute approximate surface area is 119 Å². The molecule has 0 bridgehead atoms. The van der Waals surface area contributed by atoms with Crippen LogP contribution in [0.4, 0.5) is 8.78 Å². The minimum absolute atomic E-state index is 0.123. The molecule has 1 saturated carbocycles. The number of nitrogens with zero attached hydrogens (tertiary/aromatic N) is 1. The number of ether oxygens (including phenoxy) is 1. The Kier molecular flexibility index (Phi) is 3.93. The highest BCUT2D eigenvalue weighted by molar-refractivity contribution is 7.09. The molecule has 1 fully saturated rings. The molecule has 0 unspecified atom stereocenters. The maximum absolute atomic E-state index is 13.9. The van der Waals surface area contributed by atoms with Crippen LogP contribution in [-0.4, -0.2) is 11.0 Å². The van der Waals surface area contributed by atoms with Gasteiger partial charge in [0.2, 0.25) is 0 Å². The number of aromatic nitrogens is 1. The zero-order valence-electron chi connectivity index (χ0n) is 10.7. The van der Waals surface area contributed by atoms with E-state index in [1.807, 2.05) is 0 Å². The van der Waals surface area contributed by atoms with E-state index in [4.69, 9.17) is 4.74 Å². The van der Waals surface area contributed by atoms with Gasteiger partial charge in [0.1, 0.15) is 6.61 Å². The first-order valence-electron chi connectivity index (χ1n) is 6.44. The predicted octanol–water partition coefficient (Wildman–Crippen LogP) is 3.25. The Balaban J connectivity index is 1.67. The van der Waals surface area contributed by atoms with Crippen LogP contribution in [0.25, 0.3) is 0 Å². The van der Waals surface area contributed by atoms with Gasteiger partial charge in [0.25, 0.3) is 0 Å². The zero-order valence-corrected chi connectivity index (χ0v) is 11.6. The lowest BCUT2D eigenvalue weighted by Crippen LogP contribution is -2.15. The van der Waals surface area contributed by atoms with Gasteiger partial charge in [0.15, 0.2) is 17.4 Å². The highest BCUT2D eigenvalue weighted by Crippen LogP contribution is 2.25. The van der Waals surface area contributed by atoms with Crippen molar-refractivity contribution in [3.05, 3.63) is 45.9 Å². The fourth-order valence-electron chi connectivity index (χ4n) is 1.86. The summed E-state index contributed by atoms with van der Waals surface area (Å²) in [6.45, 7) is 0.603. The Bertz CT molecular complexity index is 562. The summed E-state index contributed by atoms with van der Waals surface area (Å²) in [5.74, 6) is -1.65. The molecule has 1 heterocycles. The second kappa shape index (κ2) is 5.85. The monoisotopic (exact) mass is 296 g/mol. The summed E-state index contributed by atoms with van der Waals surface area (Å²) in [6, 6.07) is 3.14. The first kappa shape index (κ1) is 13.5. The van der Waals surface area contributed by atoms with E-state index in [0.29, 0.717) is 18.2 Å². The second-order valence-corrected chi connectivity index (χ2v) is 5.77. The summed E-state index contributed by atoms with van der Waals surface area (Å²) in [5, 5.41) is 3.22. The molecule has 1 aromatic carbocycles. The number of hydrogen-bond donors (Lipinski definition) is 1. The lowest BCUT2D eigenvalue weighted by atomic mass is 10.2. The van der Waals surface area contributed by atoms with Crippen molar-refractivity contribution in [1.29, 1.82) is 0 Å². The Morgan fingerprint density at radius 1 is 1.30 bits per heavy atom. The van der Waals surface area contributed by atoms with E-state index in [1.54, 1.807) is 11.7 Å². The fourth-order valence-corrected chi connectivity index (χ4v) is 2.36. The molecule has 2 aromatic rings. The van der Waals surface area contributed by atoms with E-state index in [1.165, 1.54) is 23.5 Å². The Hall–Kier alpha value is -1.53. The average Bonchev–Trinajstić information content (AvgIpc) is 3.10. The lowest BCUT2D eigenvalue weighted by molar-refractivity contribution is 0.276. The molecular weight excluding hydrogens is 282 g/mol. The summed E-state index contributed by atoms with van der Waals surface area (Å²) >= 11 is 1.38. The van der Waals surface area contributed by atoms with Crippen LogP contribution in [0.1, 0.15) is 23.3 Å². The molecule has 6 heteroatoms. The Morgan fingerprint density at radius 3 is 2.65 bits per heavy atom. The number of rotatable bonds is 6. The van der Waals surface area contributed by atoms with Crippen LogP contribution in [0.3, 0.4) is 0 Å². The van der Waals surface area contributed by atoms with E-state index in [2.05, 4.69) is 10.3 Å². The zero-order chi connectivity index (χ0) is 13.9. The van der Waals surface area contributed by atoms with Gasteiger partial charge >= 0.3 is 0 Å². The van der Waals surface area contributed by atoms with E-state index in [-0.39, 0.29) is 12.4 Å². The third-order valence-electron chi connectivity index (χ3n) is 3.07. The van der Waals surface area contributed by atoms with Crippen LogP contribution in [0.2, 0.25) is 0 Å². The van der Waals surface area contributed by atoms with Crippen molar-refractivity contribution >= 4 is 11.3 Å². The maximum atomic E-state index is 13.9. The molecule has 3 rings (SSSR count). The third-order valence-corrected chi connectivity index (χ3v) is 3.83. The molecule has 1 aliphatic rings. The van der Waals surface area contributed by atoms with Crippen molar-refractivity contribution < 1.29 is 13.5 Å². The van der Waals surface area contributed by atoms with Crippen molar-refractivity contribution in [2.24, 2.45) is 0 Å². The van der Waals surface area contributed by atoms with Crippen LogP contribution in [0.15, 0.2) is 23.8 Å². The van der Waals surface area contributed by atoms with E-state index < -0.39 is 11.6 Å². The van der Waals surface area contributed by atoms with Gasteiger partial charge in [-0.1, -0.05) is 0 Å². The summed E-state index contributed by atoms with van der Waals surface area (Å²) in [5.41, 5.74) is 2.25. The highest BCUT2D eigenvalue weighted by atomic mass is 32.1. The Morgan fingerprint density at radius 2 is 2.05 bits per heavy atom. The van der Waals surface area contributed by atoms with Crippen LogP contribution in [-0.2, 0) is 13.2 Å². The van der Waals surface area contributed by atoms with Crippen LogP contribution >= 0.6 is 11.3 Å². The summed E-state index contributed by atoms with van der Waals surface area (Å²) in [4.78, 5) is 4.71. The van der Waals surface area contributed by atoms with E-state index >= 15 is 0 Å². The molecule has 0 amide bonds. The van der Waals surface area contributed by atoms with Gasteiger partial charge in [0.05, 0.1) is 10.4 Å². The standard InChI is InChI=1S/C14H14F2N2OS/c15-12-3-9(5-18-10-1-2-10)4-13(16)14(12)19-7-11-6-17-8-20-11/h3-4,6,8,10,18H,1-2,5,7H2. The van der Waals surface area contributed by atoms with E-state index in [9.17, 15) is 8.78 Å². The average molecular weight is 296 g/mol. The lowest BCUT2D eigenvalue weighted by Gasteiger charge is -2.10. The van der Waals surface area contributed by atoms with Crippen molar-refractivity contribution in [3.8, 4) is 5.75 Å². The molecule has 106 valence electrons. The quantitative estimate of drug-likeness (QED) is 0.888. The van der Waals surface area contributed by atoms with Crippen molar-refractivity contribution in [3.63, 3.8) is 0 Å². The minimum Gasteiger partial charge on any atom is -0.482 e. The van der Waals surface area contributed by atoms with Gasteiger partial charge in [0, 0.05) is 18.8 Å². The van der Waals surface area contributed by atoms with Gasteiger partial charge in [-0.15, -0.1) is 11.3 Å². The van der Waals surface area contributed by atoms with Gasteiger partial charge in [-0.3, -0.25) is 4.98 Å². The largest absolute Gasteiger partial charge is 0.482 e. The predicted molar refractivity (Wildman–Crippen MR) is 72.7 cm³/mol. The van der Waals surface area contributed by atoms with Gasteiger partial charge in [-0.05, 0) is 30.5 Å². The number of thiazole rings is 1. The summed E-state index contributed by atoms with van der Waals surface area (Å²) in [7, 11) is 0. The van der Waals surface area contributed by atoms with Gasteiger partial charge in [-0.2, -0.15) is 0 Å². The van der Waals surface area contributed by atoms with Crippen molar-refractivity contribution in [1.82, 2.24) is 10.3 Å². The first-order valence-corrected chi connectivity index (χ1v) is 7.32. The molecule has 1 N–H and O–H groups in total. The minimum atomic E-state index is -0.665. The SMILES string of the molecule is Fc1cc(CNC2CC2)cc(F)c1OCc1cncs1. The molecule has 1 aliphatic carbocycles. The molecule has 1 aromatic heterocycles. The topological polar surface area (TPSA) is 34.1 Å². The normalized spacial score (nSPS) is 14.5. The van der Waals surface area contributed by atoms with Crippen molar-refractivity contribution in [2.45, 2.75) is 32.0 Å². The molecule has 20 heavy (non-hydrogen) atoms. The second-order valence-electron chi connectivity index (χ2n) is 4.80. The molecule has 0 atom stereocenters. The van der Waals surface area contributed by atoms with Crippen LogP contribution in [0, 0.1) is 11.6 Å². The molecular formula is C14H14F2N2OS. The molecule has 0 aliphatic heterocycles. The molecule has 0 spiro atoms. The van der Waals surface area contributed by atoms with Crippen LogP contribution < -0.4 is 10.1 Å². The summed E-state index contributed by atoms with van der Waals surface area (Å²) in [6.07, 6.45) is 3.90. The van der Waals surface area contributed by atoms with Crippen molar-refractivity contribution in [2.75, 3.05) is 0 Å². The number of nitrogens with one attached hydrogen (secondary N) is 1. The number of halogens is 2. The van der Waals surface area contributed by atoms with E-state index in [0.717, 1.165) is 17.7 Å². The number of hydrogen-bond acceptors (Lipinski definition) is 4. The van der Waals surface area contributed by atoms with Gasteiger partial charge < -0.3 is 10.1 Å². The molecule has 0 radical (unpaired) electrons. The fraction of sp³-hybridized carbons (Fsp3) is 0.357. The molecule has 0 saturated heterocycles. The first-order chi connectivity index (χ1) is 9.72. The highest BCUT2D eigenvalue weighted by Gasteiger charge is 2.21. The summed E-state index contributed by atoms with van der Waals surface area (Å²) < 4.78 is 33.0. The van der Waals surface area contributed by atoms with Crippen LogP contribution in [0.5, 0.6) is 5.75 Å². The molecule has 3 nitrogen and oxygen atoms in total. The smallest absolute Gasteiger partial charge is 0.191 e. The maximum Gasteiger partial charge on any atom is 0.191 e.